The summed E-state index contributed by atoms with van der Waals surface area (Å²) in [6, 6.07) is 18.3. The molecule has 1 N–H and O–H groups in total. The molecule has 3 aliphatic heterocycles. The van der Waals surface area contributed by atoms with Crippen LogP contribution in [-0.4, -0.2) is 93.3 Å². The van der Waals surface area contributed by atoms with Gasteiger partial charge in [-0.3, -0.25) is 0 Å². The molecule has 3 aromatic rings. The van der Waals surface area contributed by atoms with Gasteiger partial charge in [-0.25, -0.2) is 18.2 Å². The standard InChI is InChI=1S/C36H47N5O5S/c1-37-35(42)46-34-9-5-8-33(34)36(25-40-19-16-38-26-40,28-6-3-2-4-7-28)29-14-17-39(18-15-29)20-27-21-41(22-27)30-10-12-31(13-11-30)47(43,44)32-23-45-24-32/h2-4,6-7,10-13,16,19,26-27,29,32-34H,5,8-9,14-15,17-18,20-25H2,1H3,(H,37,42)/t33-,34-,36?/m0/s1. The summed E-state index contributed by atoms with van der Waals surface area (Å²) >= 11 is 0. The summed E-state index contributed by atoms with van der Waals surface area (Å²) in [7, 11) is -1.67. The lowest BCUT2D eigenvalue weighted by atomic mass is 9.58. The van der Waals surface area contributed by atoms with Gasteiger partial charge in [0, 0.05) is 68.6 Å². The molecular formula is C36H47N5O5S. The van der Waals surface area contributed by atoms with Crippen LogP contribution >= 0.6 is 0 Å². The number of nitrogens with one attached hydrogen (secondary N) is 1. The highest BCUT2D eigenvalue weighted by Crippen LogP contribution is 2.52. The zero-order valence-electron chi connectivity index (χ0n) is 27.2. The first-order valence-electron chi connectivity index (χ1n) is 17.2. The number of amides is 1. The van der Waals surface area contributed by atoms with E-state index in [-0.39, 0.29) is 23.5 Å². The molecule has 1 amide bonds. The Labute approximate surface area is 278 Å². The van der Waals surface area contributed by atoms with Crippen molar-refractivity contribution in [3.8, 4) is 0 Å². The smallest absolute Gasteiger partial charge is 0.407 e. The third-order valence-corrected chi connectivity index (χ3v) is 13.3. The van der Waals surface area contributed by atoms with Crippen molar-refractivity contribution in [3.63, 3.8) is 0 Å². The maximum Gasteiger partial charge on any atom is 0.407 e. The predicted octanol–water partition coefficient (Wildman–Crippen LogP) is 4.37. The molecule has 4 aliphatic rings. The van der Waals surface area contributed by atoms with Crippen LogP contribution in [0.15, 0.2) is 78.2 Å². The van der Waals surface area contributed by atoms with Crippen LogP contribution in [0.1, 0.15) is 37.7 Å². The summed E-state index contributed by atoms with van der Waals surface area (Å²) in [6.07, 6.45) is 10.5. The Morgan fingerprint density at radius 1 is 1.02 bits per heavy atom. The number of ether oxygens (including phenoxy) is 2. The lowest BCUT2D eigenvalue weighted by Crippen LogP contribution is -2.55. The summed E-state index contributed by atoms with van der Waals surface area (Å²) in [5, 5.41) is 2.27. The van der Waals surface area contributed by atoms with Crippen LogP contribution in [0, 0.1) is 17.8 Å². The van der Waals surface area contributed by atoms with Crippen molar-refractivity contribution in [1.82, 2.24) is 19.8 Å². The minimum Gasteiger partial charge on any atom is -0.446 e. The number of hydrogen-bond acceptors (Lipinski definition) is 8. The summed E-state index contributed by atoms with van der Waals surface area (Å²) in [4.78, 5) is 22.2. The van der Waals surface area contributed by atoms with Crippen LogP contribution < -0.4 is 10.2 Å². The Morgan fingerprint density at radius 3 is 2.40 bits per heavy atom. The fraction of sp³-hybridized carbons (Fsp3) is 0.556. The maximum absolute atomic E-state index is 12.7. The van der Waals surface area contributed by atoms with Crippen molar-refractivity contribution in [2.24, 2.45) is 17.8 Å². The SMILES string of the molecule is CNC(=O)O[C@H]1CCC[C@@H]1C(Cn1ccnc1)(c1ccccc1)C1CCN(CC2CN(c3ccc(S(=O)(=O)C4COC4)cc3)C2)CC1. The van der Waals surface area contributed by atoms with Gasteiger partial charge < -0.3 is 29.2 Å². The molecule has 0 spiro atoms. The number of nitrogens with zero attached hydrogens (tertiary/aromatic N) is 4. The molecule has 4 heterocycles. The predicted molar refractivity (Wildman–Crippen MR) is 180 cm³/mol. The topological polar surface area (TPSA) is 106 Å². The van der Waals surface area contributed by atoms with Gasteiger partial charge in [0.05, 0.1) is 24.4 Å². The van der Waals surface area contributed by atoms with Gasteiger partial charge in [-0.1, -0.05) is 30.3 Å². The van der Waals surface area contributed by atoms with Crippen LogP contribution in [0.4, 0.5) is 10.5 Å². The van der Waals surface area contributed by atoms with Crippen LogP contribution in [0.25, 0.3) is 0 Å². The number of benzene rings is 2. The molecule has 0 radical (unpaired) electrons. The van der Waals surface area contributed by atoms with Crippen LogP contribution in [0.3, 0.4) is 0 Å². The molecular weight excluding hydrogens is 614 g/mol. The first-order valence-corrected chi connectivity index (χ1v) is 18.7. The van der Waals surface area contributed by atoms with Crippen LogP contribution in [-0.2, 0) is 31.3 Å². The minimum absolute atomic E-state index is 0.126. The Bertz CT molecular complexity index is 1580. The van der Waals surface area contributed by atoms with Gasteiger partial charge in [0.25, 0.3) is 0 Å². The molecule has 0 bridgehead atoms. The monoisotopic (exact) mass is 661 g/mol. The molecule has 7 rings (SSSR count). The van der Waals surface area contributed by atoms with E-state index in [0.29, 0.717) is 29.9 Å². The van der Waals surface area contributed by atoms with E-state index in [1.165, 1.54) is 5.56 Å². The van der Waals surface area contributed by atoms with E-state index in [1.54, 1.807) is 19.2 Å². The van der Waals surface area contributed by atoms with E-state index in [0.717, 1.165) is 77.1 Å². The van der Waals surface area contributed by atoms with Gasteiger partial charge in [0.2, 0.25) is 0 Å². The average molecular weight is 662 g/mol. The first-order chi connectivity index (χ1) is 22.9. The van der Waals surface area contributed by atoms with Crippen molar-refractivity contribution in [3.05, 3.63) is 78.9 Å². The zero-order chi connectivity index (χ0) is 32.4. The number of piperidine rings is 1. The highest BCUT2D eigenvalue weighted by atomic mass is 32.2. The maximum atomic E-state index is 12.7. The number of anilines is 1. The number of alkyl carbamates (subject to hydrolysis) is 1. The molecule has 10 nitrogen and oxygen atoms in total. The molecule has 2 aromatic carbocycles. The summed E-state index contributed by atoms with van der Waals surface area (Å²) in [6.45, 7) is 6.53. The number of aromatic nitrogens is 2. The second-order valence-corrected chi connectivity index (χ2v) is 16.1. The van der Waals surface area contributed by atoms with E-state index in [2.05, 4.69) is 61.2 Å². The highest BCUT2D eigenvalue weighted by Gasteiger charge is 2.53. The molecule has 252 valence electrons. The Kier molecular flexibility index (Phi) is 9.31. The van der Waals surface area contributed by atoms with E-state index in [9.17, 15) is 13.2 Å². The van der Waals surface area contributed by atoms with E-state index in [1.807, 2.05) is 24.7 Å². The second-order valence-electron chi connectivity index (χ2n) is 13.9. The van der Waals surface area contributed by atoms with Crippen molar-refractivity contribution < 1.29 is 22.7 Å². The summed E-state index contributed by atoms with van der Waals surface area (Å²) in [5.74, 6) is 1.23. The molecule has 3 atom stereocenters. The van der Waals surface area contributed by atoms with Gasteiger partial charge >= 0.3 is 6.09 Å². The summed E-state index contributed by atoms with van der Waals surface area (Å²) in [5.41, 5.74) is 2.22. The largest absolute Gasteiger partial charge is 0.446 e. The highest BCUT2D eigenvalue weighted by molar-refractivity contribution is 7.92. The number of rotatable bonds is 11. The minimum atomic E-state index is -3.31. The van der Waals surface area contributed by atoms with Gasteiger partial charge in [0.15, 0.2) is 9.84 Å². The third-order valence-electron chi connectivity index (χ3n) is 11.3. The van der Waals surface area contributed by atoms with Crippen LogP contribution in [0.2, 0.25) is 0 Å². The Balaban J connectivity index is 1.02. The van der Waals surface area contributed by atoms with Crippen molar-refractivity contribution in [2.45, 2.75) is 60.3 Å². The molecule has 1 saturated carbocycles. The lowest BCUT2D eigenvalue weighted by molar-refractivity contribution is 0.00203. The third kappa shape index (κ3) is 6.41. The van der Waals surface area contributed by atoms with Gasteiger partial charge in [-0.2, -0.15) is 0 Å². The van der Waals surface area contributed by atoms with Crippen molar-refractivity contribution in [1.29, 1.82) is 0 Å². The van der Waals surface area contributed by atoms with Crippen LogP contribution in [0.5, 0.6) is 0 Å². The van der Waals surface area contributed by atoms with Gasteiger partial charge in [-0.05, 0) is 80.9 Å². The zero-order valence-corrected chi connectivity index (χ0v) is 28.1. The molecule has 4 fully saturated rings. The lowest BCUT2D eigenvalue weighted by Gasteiger charge is -2.51. The number of likely N-dealkylation sites (tertiary alicyclic amines) is 1. The van der Waals surface area contributed by atoms with Gasteiger partial charge in [0.1, 0.15) is 11.4 Å². The molecule has 1 aliphatic carbocycles. The fourth-order valence-electron chi connectivity index (χ4n) is 8.70. The molecule has 11 heteroatoms. The van der Waals surface area contributed by atoms with E-state index < -0.39 is 15.1 Å². The average Bonchev–Trinajstić information content (AvgIpc) is 3.74. The number of imidazole rings is 1. The number of sulfone groups is 1. The molecule has 3 saturated heterocycles. The quantitative estimate of drug-likeness (QED) is 0.323. The van der Waals surface area contributed by atoms with E-state index in [4.69, 9.17) is 9.47 Å². The first kappa shape index (κ1) is 32.2. The Hall–Kier alpha value is -3.41. The number of hydrogen-bond donors (Lipinski definition) is 1. The van der Waals surface area contributed by atoms with Gasteiger partial charge in [-0.15, -0.1) is 0 Å². The molecule has 47 heavy (non-hydrogen) atoms. The second kappa shape index (κ2) is 13.6. The summed E-state index contributed by atoms with van der Waals surface area (Å²) < 4.78 is 38.8. The normalized spacial score (nSPS) is 24.3. The fourth-order valence-corrected chi connectivity index (χ4v) is 10.1. The van der Waals surface area contributed by atoms with Crippen molar-refractivity contribution >= 4 is 21.6 Å². The molecule has 1 unspecified atom stereocenters. The van der Waals surface area contributed by atoms with Crippen molar-refractivity contribution in [2.75, 3.05) is 57.9 Å². The van der Waals surface area contributed by atoms with E-state index >= 15 is 0 Å². The number of carbonyl (C=O) groups is 1. The Morgan fingerprint density at radius 2 is 1.77 bits per heavy atom. The molecule has 1 aromatic heterocycles. The number of carbonyl (C=O) groups excluding carboxylic acids is 1.